The van der Waals surface area contributed by atoms with Crippen molar-refractivity contribution in [3.63, 3.8) is 0 Å². The number of sulfone groups is 1. The van der Waals surface area contributed by atoms with E-state index in [1.54, 1.807) is 32.2 Å². The minimum atomic E-state index is -2.99. The molecular formula is C16H23NO5S. The van der Waals surface area contributed by atoms with E-state index in [4.69, 9.17) is 9.47 Å². The van der Waals surface area contributed by atoms with Gasteiger partial charge in [0.05, 0.1) is 25.7 Å². The van der Waals surface area contributed by atoms with Crippen molar-refractivity contribution in [2.24, 2.45) is 0 Å². The molecule has 0 saturated carbocycles. The molecule has 1 aromatic rings. The lowest BCUT2D eigenvalue weighted by Crippen LogP contribution is -2.37. The van der Waals surface area contributed by atoms with Crippen LogP contribution < -0.4 is 9.47 Å². The lowest BCUT2D eigenvalue weighted by Gasteiger charge is -2.23. The number of methoxy groups -OCH3 is 2. The first-order valence-corrected chi connectivity index (χ1v) is 9.35. The molecule has 7 heteroatoms. The van der Waals surface area contributed by atoms with Crippen LogP contribution >= 0.6 is 0 Å². The summed E-state index contributed by atoms with van der Waals surface area (Å²) in [6, 6.07) is 5.32. The topological polar surface area (TPSA) is 72.9 Å². The van der Waals surface area contributed by atoms with Crippen molar-refractivity contribution < 1.29 is 22.7 Å². The highest BCUT2D eigenvalue weighted by molar-refractivity contribution is 7.91. The molecule has 0 aliphatic carbocycles. The van der Waals surface area contributed by atoms with Crippen LogP contribution in [0.2, 0.25) is 0 Å². The summed E-state index contributed by atoms with van der Waals surface area (Å²) < 4.78 is 33.5. The zero-order valence-corrected chi connectivity index (χ0v) is 14.6. The lowest BCUT2D eigenvalue weighted by molar-refractivity contribution is -0.131. The molecule has 0 radical (unpaired) electrons. The van der Waals surface area contributed by atoms with E-state index in [1.807, 2.05) is 12.1 Å². The Morgan fingerprint density at radius 3 is 2.30 bits per heavy atom. The second-order valence-corrected chi connectivity index (χ2v) is 8.01. The summed E-state index contributed by atoms with van der Waals surface area (Å²) in [6.07, 6.45) is 1.40. The highest BCUT2D eigenvalue weighted by Crippen LogP contribution is 2.24. The van der Waals surface area contributed by atoms with Gasteiger partial charge in [-0.05, 0) is 30.5 Å². The Labute approximate surface area is 137 Å². The molecule has 1 aliphatic heterocycles. The average molecular weight is 341 g/mol. The van der Waals surface area contributed by atoms with E-state index in [1.165, 1.54) is 0 Å². The number of hydrogen-bond acceptors (Lipinski definition) is 5. The highest BCUT2D eigenvalue weighted by atomic mass is 32.2. The quantitative estimate of drug-likeness (QED) is 0.779. The second-order valence-electron chi connectivity index (χ2n) is 5.78. The van der Waals surface area contributed by atoms with Gasteiger partial charge in [-0.3, -0.25) is 4.79 Å². The number of nitrogens with zero attached hydrogens (tertiary/aromatic N) is 1. The van der Waals surface area contributed by atoms with Crippen LogP contribution in [0.1, 0.15) is 18.4 Å². The summed E-state index contributed by atoms with van der Waals surface area (Å²) in [5.74, 6) is 1.56. The fraction of sp³-hybridized carbons (Fsp3) is 0.562. The van der Waals surface area contributed by atoms with Gasteiger partial charge in [0.1, 0.15) is 11.5 Å². The van der Waals surface area contributed by atoms with Gasteiger partial charge in [0.25, 0.3) is 0 Å². The van der Waals surface area contributed by atoms with Gasteiger partial charge in [-0.2, -0.15) is 0 Å². The van der Waals surface area contributed by atoms with Crippen LogP contribution in [0.3, 0.4) is 0 Å². The largest absolute Gasteiger partial charge is 0.497 e. The van der Waals surface area contributed by atoms with Crippen molar-refractivity contribution in [2.45, 2.75) is 25.3 Å². The number of amides is 1. The Morgan fingerprint density at radius 1 is 1.22 bits per heavy atom. The third kappa shape index (κ3) is 4.60. The number of rotatable bonds is 6. The van der Waals surface area contributed by atoms with E-state index >= 15 is 0 Å². The highest BCUT2D eigenvalue weighted by Gasteiger charge is 2.32. The third-order valence-electron chi connectivity index (χ3n) is 4.19. The fourth-order valence-corrected chi connectivity index (χ4v) is 4.50. The van der Waals surface area contributed by atoms with E-state index in [-0.39, 0.29) is 23.5 Å². The van der Waals surface area contributed by atoms with Gasteiger partial charge in [-0.1, -0.05) is 0 Å². The Morgan fingerprint density at radius 2 is 1.83 bits per heavy atom. The van der Waals surface area contributed by atoms with Gasteiger partial charge < -0.3 is 14.4 Å². The number of carbonyl (C=O) groups excluding carboxylic acids is 1. The third-order valence-corrected chi connectivity index (χ3v) is 5.94. The SMILES string of the molecule is COc1cc(CCC(=O)N(C)C2CCS(=O)(=O)C2)cc(OC)c1. The first-order chi connectivity index (χ1) is 10.8. The molecule has 0 spiro atoms. The fourth-order valence-electron chi connectivity index (χ4n) is 2.72. The summed E-state index contributed by atoms with van der Waals surface area (Å²) in [4.78, 5) is 13.9. The van der Waals surface area contributed by atoms with Crippen LogP contribution in [0, 0.1) is 0 Å². The first-order valence-electron chi connectivity index (χ1n) is 7.52. The molecule has 1 unspecified atom stereocenters. The summed E-state index contributed by atoms with van der Waals surface area (Å²) in [6.45, 7) is 0. The standard InChI is InChI=1S/C16H23NO5S/c1-17(13-6-7-23(19,20)11-13)16(18)5-4-12-8-14(21-2)10-15(9-12)22-3/h8-10,13H,4-7,11H2,1-3H3. The maximum absolute atomic E-state index is 12.3. The Bertz CT molecular complexity index is 649. The molecular weight excluding hydrogens is 318 g/mol. The molecule has 0 bridgehead atoms. The number of carbonyl (C=O) groups is 1. The Hall–Kier alpha value is -1.76. The lowest BCUT2D eigenvalue weighted by atomic mass is 10.1. The molecule has 6 nitrogen and oxygen atoms in total. The summed E-state index contributed by atoms with van der Waals surface area (Å²) in [7, 11) is 1.86. The summed E-state index contributed by atoms with van der Waals surface area (Å²) in [5, 5.41) is 0. The molecule has 1 aromatic carbocycles. The molecule has 1 amide bonds. The monoisotopic (exact) mass is 341 g/mol. The van der Waals surface area contributed by atoms with Crippen molar-refractivity contribution in [3.05, 3.63) is 23.8 Å². The number of ether oxygens (including phenoxy) is 2. The van der Waals surface area contributed by atoms with Crippen molar-refractivity contribution in [1.82, 2.24) is 4.90 Å². The van der Waals surface area contributed by atoms with Crippen LogP contribution in [0.4, 0.5) is 0 Å². The van der Waals surface area contributed by atoms with Crippen LogP contribution in [-0.4, -0.2) is 58.0 Å². The summed E-state index contributed by atoms with van der Waals surface area (Å²) >= 11 is 0. The second kappa shape index (κ2) is 7.21. The normalized spacial score (nSPS) is 19.3. The van der Waals surface area contributed by atoms with E-state index in [9.17, 15) is 13.2 Å². The molecule has 0 aromatic heterocycles. The number of benzene rings is 1. The van der Waals surface area contributed by atoms with E-state index < -0.39 is 9.84 Å². The van der Waals surface area contributed by atoms with Crippen molar-refractivity contribution in [2.75, 3.05) is 32.8 Å². The number of aryl methyl sites for hydroxylation is 1. The molecule has 23 heavy (non-hydrogen) atoms. The molecule has 2 rings (SSSR count). The van der Waals surface area contributed by atoms with Crippen LogP contribution in [0.5, 0.6) is 11.5 Å². The Balaban J connectivity index is 1.96. The predicted octanol–water partition coefficient (Wildman–Crippen LogP) is 1.28. The summed E-state index contributed by atoms with van der Waals surface area (Å²) in [5.41, 5.74) is 0.946. The van der Waals surface area contributed by atoms with Gasteiger partial charge >= 0.3 is 0 Å². The minimum absolute atomic E-state index is 0.0473. The van der Waals surface area contributed by atoms with Gasteiger partial charge in [-0.25, -0.2) is 8.42 Å². The smallest absolute Gasteiger partial charge is 0.222 e. The van der Waals surface area contributed by atoms with Crippen LogP contribution in [0.25, 0.3) is 0 Å². The molecule has 1 fully saturated rings. The van der Waals surface area contributed by atoms with Gasteiger partial charge in [0.2, 0.25) is 5.91 Å². The predicted molar refractivity (Wildman–Crippen MR) is 87.7 cm³/mol. The maximum atomic E-state index is 12.3. The van der Waals surface area contributed by atoms with E-state index in [0.29, 0.717) is 30.8 Å². The van der Waals surface area contributed by atoms with Gasteiger partial charge in [-0.15, -0.1) is 0 Å². The van der Waals surface area contributed by atoms with Crippen molar-refractivity contribution in [3.8, 4) is 11.5 Å². The maximum Gasteiger partial charge on any atom is 0.222 e. The van der Waals surface area contributed by atoms with E-state index in [2.05, 4.69) is 0 Å². The molecule has 0 N–H and O–H groups in total. The molecule has 1 heterocycles. The molecule has 1 saturated heterocycles. The van der Waals surface area contributed by atoms with Crippen molar-refractivity contribution in [1.29, 1.82) is 0 Å². The zero-order chi connectivity index (χ0) is 17.0. The first kappa shape index (κ1) is 17.6. The van der Waals surface area contributed by atoms with Gasteiger partial charge in [0.15, 0.2) is 9.84 Å². The molecule has 128 valence electrons. The van der Waals surface area contributed by atoms with Gasteiger partial charge in [0, 0.05) is 25.6 Å². The minimum Gasteiger partial charge on any atom is -0.497 e. The Kier molecular flexibility index (Phi) is 5.51. The zero-order valence-electron chi connectivity index (χ0n) is 13.7. The van der Waals surface area contributed by atoms with E-state index in [0.717, 1.165) is 5.56 Å². The van der Waals surface area contributed by atoms with Crippen LogP contribution in [-0.2, 0) is 21.1 Å². The molecule has 1 aliphatic rings. The van der Waals surface area contributed by atoms with Crippen LogP contribution in [0.15, 0.2) is 18.2 Å². The molecule has 1 atom stereocenters. The van der Waals surface area contributed by atoms with Crippen molar-refractivity contribution >= 4 is 15.7 Å². The number of hydrogen-bond donors (Lipinski definition) is 0. The average Bonchev–Trinajstić information content (AvgIpc) is 2.91.